The van der Waals surface area contributed by atoms with Gasteiger partial charge in [-0.3, -0.25) is 4.90 Å². The molecule has 0 N–H and O–H groups in total. The monoisotopic (exact) mass is 339 g/mol. The van der Waals surface area contributed by atoms with Crippen LogP contribution in [0.15, 0.2) is 48.5 Å². The molecule has 0 radical (unpaired) electrons. The van der Waals surface area contributed by atoms with E-state index in [0.717, 1.165) is 29.8 Å². The molecule has 0 spiro atoms. The van der Waals surface area contributed by atoms with Crippen LogP contribution in [0.2, 0.25) is 0 Å². The summed E-state index contributed by atoms with van der Waals surface area (Å²) in [6.07, 6.45) is 2.29. The SMILES string of the molecule is CC(C)(C)N1CCC2CC21c1cc(F)ccc1OCc1ccccc1. The van der Waals surface area contributed by atoms with Crippen molar-refractivity contribution in [1.29, 1.82) is 0 Å². The second-order valence-corrected chi connectivity index (χ2v) is 8.35. The third-order valence-electron chi connectivity index (χ3n) is 5.71. The van der Waals surface area contributed by atoms with Gasteiger partial charge in [-0.1, -0.05) is 30.3 Å². The van der Waals surface area contributed by atoms with Gasteiger partial charge in [-0.05, 0) is 69.8 Å². The second-order valence-electron chi connectivity index (χ2n) is 8.35. The van der Waals surface area contributed by atoms with Gasteiger partial charge in [0.25, 0.3) is 0 Å². The normalized spacial score (nSPS) is 25.7. The molecule has 0 amide bonds. The Kier molecular flexibility index (Phi) is 3.88. The van der Waals surface area contributed by atoms with Gasteiger partial charge < -0.3 is 4.74 Å². The minimum Gasteiger partial charge on any atom is -0.489 e. The minimum atomic E-state index is -0.178. The number of likely N-dealkylation sites (tertiary alicyclic amines) is 1. The van der Waals surface area contributed by atoms with Crippen LogP contribution in [-0.2, 0) is 12.1 Å². The maximum atomic E-state index is 14.1. The van der Waals surface area contributed by atoms with Crippen LogP contribution in [0.25, 0.3) is 0 Å². The highest BCUT2D eigenvalue weighted by molar-refractivity contribution is 5.46. The van der Waals surface area contributed by atoms with E-state index in [1.807, 2.05) is 18.2 Å². The maximum absolute atomic E-state index is 14.1. The first-order chi connectivity index (χ1) is 11.9. The lowest BCUT2D eigenvalue weighted by atomic mass is 9.95. The Morgan fingerprint density at radius 1 is 1.16 bits per heavy atom. The number of piperidine rings is 1. The first-order valence-corrected chi connectivity index (χ1v) is 9.16. The molecule has 0 aromatic heterocycles. The number of hydrogen-bond acceptors (Lipinski definition) is 2. The van der Waals surface area contributed by atoms with E-state index in [4.69, 9.17) is 4.74 Å². The van der Waals surface area contributed by atoms with Gasteiger partial charge in [0.15, 0.2) is 0 Å². The molecule has 2 aromatic carbocycles. The number of halogens is 1. The van der Waals surface area contributed by atoms with Crippen LogP contribution >= 0.6 is 0 Å². The lowest BCUT2D eigenvalue weighted by Gasteiger charge is -2.40. The molecule has 3 heteroatoms. The Morgan fingerprint density at radius 3 is 2.60 bits per heavy atom. The van der Waals surface area contributed by atoms with Crippen molar-refractivity contribution in [2.24, 2.45) is 5.92 Å². The highest BCUT2D eigenvalue weighted by Gasteiger charge is 2.65. The number of ether oxygens (including phenoxy) is 1. The molecule has 1 saturated carbocycles. The molecule has 2 aromatic rings. The zero-order valence-electron chi connectivity index (χ0n) is 15.3. The highest BCUT2D eigenvalue weighted by Crippen LogP contribution is 2.65. The zero-order valence-corrected chi connectivity index (χ0v) is 15.3. The second kappa shape index (κ2) is 5.84. The van der Waals surface area contributed by atoms with Crippen LogP contribution in [-0.4, -0.2) is 17.0 Å². The summed E-state index contributed by atoms with van der Waals surface area (Å²) >= 11 is 0. The molecule has 1 aliphatic carbocycles. The van der Waals surface area contributed by atoms with E-state index in [2.05, 4.69) is 37.8 Å². The van der Waals surface area contributed by atoms with Crippen molar-refractivity contribution in [2.45, 2.75) is 51.3 Å². The molecule has 2 nitrogen and oxygen atoms in total. The zero-order chi connectivity index (χ0) is 17.7. The maximum Gasteiger partial charge on any atom is 0.125 e. The molecular formula is C22H26FNO. The van der Waals surface area contributed by atoms with Crippen molar-refractivity contribution < 1.29 is 9.13 Å². The summed E-state index contributed by atoms with van der Waals surface area (Å²) in [5.74, 6) is 1.26. The van der Waals surface area contributed by atoms with E-state index in [1.54, 1.807) is 12.1 Å². The van der Waals surface area contributed by atoms with Crippen molar-refractivity contribution in [3.05, 3.63) is 65.5 Å². The predicted molar refractivity (Wildman–Crippen MR) is 98.0 cm³/mol. The average Bonchev–Trinajstić information content (AvgIpc) is 3.17. The number of rotatable bonds is 4. The van der Waals surface area contributed by atoms with Crippen molar-refractivity contribution in [3.8, 4) is 5.75 Å². The number of fused-ring (bicyclic) bond motifs is 1. The Hall–Kier alpha value is -1.87. The molecular weight excluding hydrogens is 313 g/mol. The fraction of sp³-hybridized carbons (Fsp3) is 0.455. The number of nitrogens with zero attached hydrogens (tertiary/aromatic N) is 1. The van der Waals surface area contributed by atoms with Gasteiger partial charge in [0.1, 0.15) is 18.2 Å². The van der Waals surface area contributed by atoms with Crippen LogP contribution in [0.4, 0.5) is 4.39 Å². The van der Waals surface area contributed by atoms with E-state index in [1.165, 1.54) is 12.5 Å². The van der Waals surface area contributed by atoms with E-state index < -0.39 is 0 Å². The summed E-state index contributed by atoms with van der Waals surface area (Å²) in [5.41, 5.74) is 2.17. The lowest BCUT2D eigenvalue weighted by molar-refractivity contribution is 0.0864. The van der Waals surface area contributed by atoms with E-state index in [-0.39, 0.29) is 16.9 Å². The largest absolute Gasteiger partial charge is 0.489 e. The molecule has 132 valence electrons. The van der Waals surface area contributed by atoms with Gasteiger partial charge in [-0.25, -0.2) is 4.39 Å². The first-order valence-electron chi connectivity index (χ1n) is 9.16. The molecule has 0 bridgehead atoms. The van der Waals surface area contributed by atoms with Crippen molar-refractivity contribution in [1.82, 2.24) is 4.90 Å². The molecule has 2 atom stereocenters. The van der Waals surface area contributed by atoms with Gasteiger partial charge in [-0.2, -0.15) is 0 Å². The van der Waals surface area contributed by atoms with Gasteiger partial charge >= 0.3 is 0 Å². The highest BCUT2D eigenvalue weighted by atomic mass is 19.1. The van der Waals surface area contributed by atoms with Gasteiger partial charge in [0.2, 0.25) is 0 Å². The number of benzene rings is 2. The topological polar surface area (TPSA) is 12.5 Å². The van der Waals surface area contributed by atoms with Crippen molar-refractivity contribution >= 4 is 0 Å². The fourth-order valence-electron chi connectivity index (χ4n) is 4.58. The van der Waals surface area contributed by atoms with Gasteiger partial charge in [0, 0.05) is 11.1 Å². The molecule has 25 heavy (non-hydrogen) atoms. The summed E-state index contributed by atoms with van der Waals surface area (Å²) in [7, 11) is 0. The van der Waals surface area contributed by atoms with Crippen molar-refractivity contribution in [3.63, 3.8) is 0 Å². The summed E-state index contributed by atoms with van der Waals surface area (Å²) in [4.78, 5) is 2.55. The average molecular weight is 339 g/mol. The first kappa shape index (κ1) is 16.6. The minimum absolute atomic E-state index is 0.0492. The quantitative estimate of drug-likeness (QED) is 0.766. The van der Waals surface area contributed by atoms with Gasteiger partial charge in [-0.15, -0.1) is 0 Å². The lowest BCUT2D eigenvalue weighted by Crippen LogP contribution is -2.46. The van der Waals surface area contributed by atoms with Crippen LogP contribution in [0, 0.1) is 11.7 Å². The molecule has 2 aliphatic rings. The summed E-state index contributed by atoms with van der Waals surface area (Å²) in [6, 6.07) is 15.1. The third kappa shape index (κ3) is 2.85. The summed E-state index contributed by atoms with van der Waals surface area (Å²) < 4.78 is 20.3. The summed E-state index contributed by atoms with van der Waals surface area (Å²) in [5, 5.41) is 0. The van der Waals surface area contributed by atoms with Crippen LogP contribution in [0.5, 0.6) is 5.75 Å². The Morgan fingerprint density at radius 2 is 1.92 bits per heavy atom. The summed E-state index contributed by atoms with van der Waals surface area (Å²) in [6.45, 7) is 8.33. The standard InChI is InChI=1S/C22H26FNO/c1-21(2,3)24-12-11-17-14-22(17,24)19-13-18(23)9-10-20(19)25-15-16-7-5-4-6-8-16/h4-10,13,17H,11-12,14-15H2,1-3H3. The molecule has 1 aliphatic heterocycles. The van der Waals surface area contributed by atoms with Gasteiger partial charge in [0.05, 0.1) is 5.54 Å². The Bertz CT molecular complexity index is 767. The number of hydrogen-bond donors (Lipinski definition) is 0. The van der Waals surface area contributed by atoms with E-state index in [0.29, 0.717) is 12.5 Å². The molecule has 2 unspecified atom stereocenters. The van der Waals surface area contributed by atoms with E-state index in [9.17, 15) is 4.39 Å². The molecule has 1 saturated heterocycles. The van der Waals surface area contributed by atoms with Crippen LogP contribution in [0.1, 0.15) is 44.7 Å². The van der Waals surface area contributed by atoms with Crippen LogP contribution < -0.4 is 4.74 Å². The Labute approximate surface area is 149 Å². The predicted octanol–water partition coefficient (Wildman–Crippen LogP) is 5.12. The fourth-order valence-corrected chi connectivity index (χ4v) is 4.58. The smallest absolute Gasteiger partial charge is 0.125 e. The van der Waals surface area contributed by atoms with Crippen molar-refractivity contribution in [2.75, 3.05) is 6.54 Å². The molecule has 2 fully saturated rings. The molecule has 4 rings (SSSR count). The van der Waals surface area contributed by atoms with Crippen LogP contribution in [0.3, 0.4) is 0 Å². The third-order valence-corrected chi connectivity index (χ3v) is 5.71. The van der Waals surface area contributed by atoms with E-state index >= 15 is 0 Å². The Balaban J connectivity index is 1.67. The molecule has 1 heterocycles.